The topological polar surface area (TPSA) is 74.2 Å². The number of likely N-dealkylation sites (tertiary alicyclic amines) is 1. The normalized spacial score (nSPS) is 20.3. The van der Waals surface area contributed by atoms with Gasteiger partial charge in [0.25, 0.3) is 0 Å². The van der Waals surface area contributed by atoms with E-state index in [1.807, 2.05) is 24.3 Å². The lowest BCUT2D eigenvalue weighted by molar-refractivity contribution is -0.136. The van der Waals surface area contributed by atoms with Crippen LogP contribution in [0.1, 0.15) is 44.6 Å². The number of ether oxygens (including phenoxy) is 1. The Kier molecular flexibility index (Phi) is 7.63. The molecule has 0 aliphatic carbocycles. The second kappa shape index (κ2) is 10.4. The Hall–Kier alpha value is -2.41. The third-order valence-electron chi connectivity index (χ3n) is 5.54. The highest BCUT2D eigenvalue weighted by Gasteiger charge is 2.23. The van der Waals surface area contributed by atoms with E-state index in [1.165, 1.54) is 17.9 Å². The quantitative estimate of drug-likeness (QED) is 0.680. The number of hydrogen-bond donors (Lipinski definition) is 1. The number of carbonyl (C=O) groups excluding carboxylic acids is 2. The molecule has 1 N–H and O–H groups in total. The SMILES string of the molecule is COc1ccc(C2=NN(CC(=O)NCCCN3CCCC(C)C3)C(=O)CC2)cc1. The molecule has 0 radical (unpaired) electrons. The van der Waals surface area contributed by atoms with Crippen LogP contribution in [0.2, 0.25) is 0 Å². The van der Waals surface area contributed by atoms with Crippen molar-refractivity contribution in [1.29, 1.82) is 0 Å². The number of hydrogen-bond acceptors (Lipinski definition) is 5. The molecule has 2 aliphatic heterocycles. The molecule has 2 aliphatic rings. The molecule has 1 fully saturated rings. The molecule has 1 saturated heterocycles. The van der Waals surface area contributed by atoms with Crippen LogP contribution in [0.4, 0.5) is 0 Å². The lowest BCUT2D eigenvalue weighted by Crippen LogP contribution is -2.41. The van der Waals surface area contributed by atoms with Gasteiger partial charge in [-0.1, -0.05) is 6.92 Å². The molecule has 0 saturated carbocycles. The van der Waals surface area contributed by atoms with Crippen molar-refractivity contribution in [1.82, 2.24) is 15.2 Å². The van der Waals surface area contributed by atoms with Crippen LogP contribution in [0.5, 0.6) is 5.75 Å². The van der Waals surface area contributed by atoms with Gasteiger partial charge in [-0.25, -0.2) is 5.01 Å². The van der Waals surface area contributed by atoms with Gasteiger partial charge in [0.2, 0.25) is 11.8 Å². The average molecular weight is 401 g/mol. The van der Waals surface area contributed by atoms with Crippen LogP contribution in [0.3, 0.4) is 0 Å². The summed E-state index contributed by atoms with van der Waals surface area (Å²) in [5, 5.41) is 8.65. The van der Waals surface area contributed by atoms with E-state index in [0.717, 1.165) is 49.0 Å². The van der Waals surface area contributed by atoms with E-state index >= 15 is 0 Å². The number of hydrazone groups is 1. The molecule has 0 aromatic heterocycles. The minimum atomic E-state index is -0.162. The Morgan fingerprint density at radius 2 is 2.07 bits per heavy atom. The van der Waals surface area contributed by atoms with Gasteiger partial charge < -0.3 is 15.0 Å². The van der Waals surface area contributed by atoms with Gasteiger partial charge in [-0.2, -0.15) is 5.10 Å². The number of amides is 2. The molecule has 29 heavy (non-hydrogen) atoms. The molecule has 1 atom stereocenters. The first-order valence-electron chi connectivity index (χ1n) is 10.6. The van der Waals surface area contributed by atoms with Crippen molar-refractivity contribution in [2.45, 2.75) is 39.0 Å². The summed E-state index contributed by atoms with van der Waals surface area (Å²) in [6.45, 7) is 6.21. The zero-order valence-electron chi connectivity index (χ0n) is 17.5. The fraction of sp³-hybridized carbons (Fsp3) is 0.591. The summed E-state index contributed by atoms with van der Waals surface area (Å²) < 4.78 is 5.18. The number of nitrogens with zero attached hydrogens (tertiary/aromatic N) is 3. The van der Waals surface area contributed by atoms with Crippen LogP contribution >= 0.6 is 0 Å². The highest BCUT2D eigenvalue weighted by molar-refractivity contribution is 6.04. The van der Waals surface area contributed by atoms with Gasteiger partial charge in [-0.3, -0.25) is 9.59 Å². The van der Waals surface area contributed by atoms with Crippen molar-refractivity contribution in [3.63, 3.8) is 0 Å². The highest BCUT2D eigenvalue weighted by atomic mass is 16.5. The van der Waals surface area contributed by atoms with E-state index < -0.39 is 0 Å². The fourth-order valence-corrected chi connectivity index (χ4v) is 3.93. The summed E-state index contributed by atoms with van der Waals surface area (Å²) in [7, 11) is 1.62. The van der Waals surface area contributed by atoms with Crippen LogP contribution < -0.4 is 10.1 Å². The maximum Gasteiger partial charge on any atom is 0.243 e. The summed E-state index contributed by atoms with van der Waals surface area (Å²) in [4.78, 5) is 26.9. The number of piperidine rings is 1. The van der Waals surface area contributed by atoms with E-state index in [1.54, 1.807) is 7.11 Å². The van der Waals surface area contributed by atoms with Crippen LogP contribution in [-0.2, 0) is 9.59 Å². The molecule has 1 aromatic rings. The lowest BCUT2D eigenvalue weighted by atomic mass is 10.0. The van der Waals surface area contributed by atoms with E-state index in [-0.39, 0.29) is 18.4 Å². The molecule has 2 amide bonds. The van der Waals surface area contributed by atoms with E-state index in [9.17, 15) is 9.59 Å². The first-order chi connectivity index (χ1) is 14.0. The van der Waals surface area contributed by atoms with E-state index in [2.05, 4.69) is 22.2 Å². The zero-order chi connectivity index (χ0) is 20.6. The molecule has 3 rings (SSSR count). The van der Waals surface area contributed by atoms with E-state index in [4.69, 9.17) is 4.74 Å². The van der Waals surface area contributed by atoms with Gasteiger partial charge in [-0.15, -0.1) is 0 Å². The van der Waals surface area contributed by atoms with Crippen molar-refractivity contribution in [2.24, 2.45) is 11.0 Å². The van der Waals surface area contributed by atoms with Crippen LogP contribution in [-0.4, -0.2) is 67.3 Å². The average Bonchev–Trinajstić information content (AvgIpc) is 2.73. The smallest absolute Gasteiger partial charge is 0.243 e. The molecule has 0 spiro atoms. The van der Waals surface area contributed by atoms with E-state index in [0.29, 0.717) is 19.4 Å². The van der Waals surface area contributed by atoms with Crippen molar-refractivity contribution in [3.05, 3.63) is 29.8 Å². The first-order valence-corrected chi connectivity index (χ1v) is 10.6. The zero-order valence-corrected chi connectivity index (χ0v) is 17.5. The Bertz CT molecular complexity index is 732. The van der Waals surface area contributed by atoms with Gasteiger partial charge in [0.05, 0.1) is 12.8 Å². The second-order valence-electron chi connectivity index (χ2n) is 7.98. The molecule has 1 unspecified atom stereocenters. The predicted molar refractivity (Wildman–Crippen MR) is 113 cm³/mol. The number of rotatable bonds is 8. The molecular weight excluding hydrogens is 368 g/mol. The summed E-state index contributed by atoms with van der Waals surface area (Å²) in [6, 6.07) is 7.59. The molecule has 0 bridgehead atoms. The molecular formula is C22H32N4O3. The minimum Gasteiger partial charge on any atom is -0.497 e. The third kappa shape index (κ3) is 6.29. The number of nitrogens with one attached hydrogen (secondary N) is 1. The third-order valence-corrected chi connectivity index (χ3v) is 5.54. The van der Waals surface area contributed by atoms with Crippen molar-refractivity contribution < 1.29 is 14.3 Å². The molecule has 2 heterocycles. The van der Waals surface area contributed by atoms with Gasteiger partial charge in [0.15, 0.2) is 0 Å². The maximum atomic E-state index is 12.3. The Labute approximate surface area is 173 Å². The summed E-state index contributed by atoms with van der Waals surface area (Å²) in [5.74, 6) is 1.27. The number of benzene rings is 1. The van der Waals surface area contributed by atoms with Crippen LogP contribution in [0.25, 0.3) is 0 Å². The molecule has 158 valence electrons. The standard InChI is InChI=1S/C22H32N4O3/c1-17-5-3-13-25(15-17)14-4-12-23-21(27)16-26-22(28)11-10-20(24-26)18-6-8-19(29-2)9-7-18/h6-9,17H,3-5,10-16H2,1-2H3,(H,23,27). The lowest BCUT2D eigenvalue weighted by Gasteiger charge is -2.30. The van der Waals surface area contributed by atoms with Crippen molar-refractivity contribution in [3.8, 4) is 5.75 Å². The Morgan fingerprint density at radius 1 is 1.28 bits per heavy atom. The summed E-state index contributed by atoms with van der Waals surface area (Å²) in [6.07, 6.45) is 4.45. The Morgan fingerprint density at radius 3 is 2.79 bits per heavy atom. The minimum absolute atomic E-state index is 0.0285. The van der Waals surface area contributed by atoms with Crippen LogP contribution in [0.15, 0.2) is 29.4 Å². The first kappa shape index (κ1) is 21.3. The molecule has 7 nitrogen and oxygen atoms in total. The largest absolute Gasteiger partial charge is 0.497 e. The maximum absolute atomic E-state index is 12.3. The number of methoxy groups -OCH3 is 1. The summed E-state index contributed by atoms with van der Waals surface area (Å²) >= 11 is 0. The highest BCUT2D eigenvalue weighted by Crippen LogP contribution is 2.18. The van der Waals surface area contributed by atoms with Gasteiger partial charge in [0, 0.05) is 25.9 Å². The monoisotopic (exact) mass is 400 g/mol. The van der Waals surface area contributed by atoms with Crippen molar-refractivity contribution in [2.75, 3.05) is 39.8 Å². The van der Waals surface area contributed by atoms with Gasteiger partial charge in [-0.05, 0) is 68.1 Å². The molecule has 7 heteroatoms. The summed E-state index contributed by atoms with van der Waals surface area (Å²) in [5.41, 5.74) is 1.76. The Balaban J connectivity index is 1.46. The van der Waals surface area contributed by atoms with Crippen molar-refractivity contribution >= 4 is 17.5 Å². The predicted octanol–water partition coefficient (Wildman–Crippen LogP) is 2.26. The molecule has 1 aromatic carbocycles. The van der Waals surface area contributed by atoms with Gasteiger partial charge in [0.1, 0.15) is 12.3 Å². The fourth-order valence-electron chi connectivity index (χ4n) is 3.93. The van der Waals surface area contributed by atoms with Gasteiger partial charge >= 0.3 is 0 Å². The number of carbonyl (C=O) groups is 2. The second-order valence-corrected chi connectivity index (χ2v) is 7.98. The van der Waals surface area contributed by atoms with Crippen LogP contribution in [0, 0.1) is 5.92 Å².